The van der Waals surface area contributed by atoms with E-state index in [4.69, 9.17) is 11.6 Å². The lowest BCUT2D eigenvalue weighted by molar-refractivity contribution is -0.124. The molecule has 3 heteroatoms. The molecule has 0 bridgehead atoms. The minimum absolute atomic E-state index is 0.153. The van der Waals surface area contributed by atoms with Crippen molar-refractivity contribution in [1.29, 1.82) is 0 Å². The summed E-state index contributed by atoms with van der Waals surface area (Å²) in [7, 11) is 0. The summed E-state index contributed by atoms with van der Waals surface area (Å²) >= 11 is 5.86. The Bertz CT molecular complexity index is 565. The van der Waals surface area contributed by atoms with E-state index in [1.165, 1.54) is 5.56 Å². The predicted octanol–water partition coefficient (Wildman–Crippen LogP) is 3.82. The average Bonchev–Trinajstić information content (AvgIpc) is 2.39. The Kier molecular flexibility index (Phi) is 2.80. The van der Waals surface area contributed by atoms with Crippen LogP contribution in [0.2, 0.25) is 5.02 Å². The minimum Gasteiger partial charge on any atom is -0.304 e. The molecule has 0 aliphatic carbocycles. The number of amides is 1. The fraction of sp³-hybridized carbons (Fsp3) is 0.133. The first kappa shape index (κ1) is 11.3. The molecule has 1 saturated heterocycles. The van der Waals surface area contributed by atoms with Gasteiger partial charge < -0.3 is 4.90 Å². The number of halogens is 1. The fourth-order valence-electron chi connectivity index (χ4n) is 2.28. The van der Waals surface area contributed by atoms with Crippen LogP contribution in [0.25, 0.3) is 0 Å². The van der Waals surface area contributed by atoms with Crippen LogP contribution in [0.3, 0.4) is 0 Å². The van der Waals surface area contributed by atoms with Crippen LogP contribution >= 0.6 is 11.6 Å². The van der Waals surface area contributed by atoms with Crippen molar-refractivity contribution in [1.82, 2.24) is 0 Å². The monoisotopic (exact) mass is 257 g/mol. The van der Waals surface area contributed by atoms with E-state index in [0.29, 0.717) is 11.4 Å². The predicted molar refractivity (Wildman–Crippen MR) is 72.7 cm³/mol. The second kappa shape index (κ2) is 4.46. The van der Waals surface area contributed by atoms with Gasteiger partial charge in [-0.15, -0.1) is 0 Å². The number of anilines is 1. The van der Waals surface area contributed by atoms with E-state index < -0.39 is 0 Å². The molecule has 1 aliphatic rings. The highest BCUT2D eigenvalue weighted by atomic mass is 35.5. The average molecular weight is 258 g/mol. The first-order valence-corrected chi connectivity index (χ1v) is 6.26. The number of carbonyl (C=O) groups excluding carboxylic acids is 1. The third-order valence-corrected chi connectivity index (χ3v) is 3.49. The van der Waals surface area contributed by atoms with Crippen LogP contribution in [0.5, 0.6) is 0 Å². The molecule has 1 atom stereocenters. The second-order valence-electron chi connectivity index (χ2n) is 4.37. The van der Waals surface area contributed by atoms with Crippen molar-refractivity contribution in [2.45, 2.75) is 12.5 Å². The maximum Gasteiger partial charge on any atom is 0.230 e. The van der Waals surface area contributed by atoms with Crippen molar-refractivity contribution in [2.75, 3.05) is 4.90 Å². The van der Waals surface area contributed by atoms with Gasteiger partial charge in [-0.2, -0.15) is 0 Å². The molecular formula is C15H12ClNO. The summed E-state index contributed by atoms with van der Waals surface area (Å²) in [5.74, 6) is 0.158. The van der Waals surface area contributed by atoms with Crippen molar-refractivity contribution in [2.24, 2.45) is 0 Å². The summed E-state index contributed by atoms with van der Waals surface area (Å²) in [6, 6.07) is 17.6. The lowest BCUT2D eigenvalue weighted by Crippen LogP contribution is -2.46. The molecule has 0 saturated carbocycles. The molecule has 1 heterocycles. The Morgan fingerprint density at radius 3 is 2.28 bits per heavy atom. The van der Waals surface area contributed by atoms with Gasteiger partial charge >= 0.3 is 0 Å². The van der Waals surface area contributed by atoms with E-state index in [-0.39, 0.29) is 11.9 Å². The molecule has 0 unspecified atom stereocenters. The van der Waals surface area contributed by atoms with Gasteiger partial charge in [0.1, 0.15) is 0 Å². The smallest absolute Gasteiger partial charge is 0.230 e. The Morgan fingerprint density at radius 2 is 1.67 bits per heavy atom. The summed E-state index contributed by atoms with van der Waals surface area (Å²) in [6.45, 7) is 0. The third-order valence-electron chi connectivity index (χ3n) is 3.24. The topological polar surface area (TPSA) is 20.3 Å². The molecule has 2 aromatic carbocycles. The highest BCUT2D eigenvalue weighted by molar-refractivity contribution is 6.30. The lowest BCUT2D eigenvalue weighted by atomic mass is 9.93. The van der Waals surface area contributed by atoms with Crippen LogP contribution in [0, 0.1) is 0 Å². The zero-order chi connectivity index (χ0) is 12.5. The number of carbonyl (C=O) groups is 1. The largest absolute Gasteiger partial charge is 0.304 e. The molecule has 2 nitrogen and oxygen atoms in total. The van der Waals surface area contributed by atoms with Crippen molar-refractivity contribution < 1.29 is 4.79 Å². The Hall–Kier alpha value is -1.80. The van der Waals surface area contributed by atoms with E-state index in [1.54, 1.807) is 0 Å². The Balaban J connectivity index is 1.91. The first-order chi connectivity index (χ1) is 8.75. The van der Waals surface area contributed by atoms with Gasteiger partial charge in [0.05, 0.1) is 12.5 Å². The van der Waals surface area contributed by atoms with Crippen LogP contribution in [0.4, 0.5) is 5.69 Å². The van der Waals surface area contributed by atoms with Crippen molar-refractivity contribution >= 4 is 23.2 Å². The minimum atomic E-state index is 0.153. The SMILES string of the molecule is O=C1C[C@H](c2ccccc2)N1c1ccc(Cl)cc1. The lowest BCUT2D eigenvalue weighted by Gasteiger charge is -2.40. The maximum atomic E-state index is 11.8. The van der Waals surface area contributed by atoms with Gasteiger partial charge in [-0.1, -0.05) is 41.9 Å². The Morgan fingerprint density at radius 1 is 1.00 bits per heavy atom. The highest BCUT2D eigenvalue weighted by Gasteiger charge is 2.37. The molecule has 0 radical (unpaired) electrons. The number of β-lactam (4-membered cyclic amide) rings is 1. The van der Waals surface area contributed by atoms with Crippen molar-refractivity contribution in [3.05, 3.63) is 65.2 Å². The number of hydrogen-bond acceptors (Lipinski definition) is 1. The molecular weight excluding hydrogens is 246 g/mol. The van der Waals surface area contributed by atoms with E-state index in [1.807, 2.05) is 47.4 Å². The molecule has 2 aromatic rings. The molecule has 90 valence electrons. The van der Waals surface area contributed by atoms with Gasteiger partial charge in [0.15, 0.2) is 0 Å². The van der Waals surface area contributed by atoms with Crippen LogP contribution < -0.4 is 4.90 Å². The summed E-state index contributed by atoms with van der Waals surface area (Å²) in [4.78, 5) is 13.6. The molecule has 1 fully saturated rings. The Labute approximate surface area is 111 Å². The number of benzene rings is 2. The van der Waals surface area contributed by atoms with Gasteiger partial charge in [-0.3, -0.25) is 4.79 Å². The van der Waals surface area contributed by atoms with Gasteiger partial charge in [0, 0.05) is 10.7 Å². The maximum absolute atomic E-state index is 11.8. The fourth-order valence-corrected chi connectivity index (χ4v) is 2.41. The molecule has 1 aliphatic heterocycles. The van der Waals surface area contributed by atoms with Crippen LogP contribution in [0.15, 0.2) is 54.6 Å². The van der Waals surface area contributed by atoms with Crippen LogP contribution in [-0.2, 0) is 4.79 Å². The highest BCUT2D eigenvalue weighted by Crippen LogP contribution is 2.38. The molecule has 3 rings (SSSR count). The molecule has 18 heavy (non-hydrogen) atoms. The van der Waals surface area contributed by atoms with Crippen molar-refractivity contribution in [3.63, 3.8) is 0 Å². The summed E-state index contributed by atoms with van der Waals surface area (Å²) in [5, 5.41) is 0.683. The molecule has 0 aromatic heterocycles. The zero-order valence-electron chi connectivity index (χ0n) is 9.71. The normalized spacial score (nSPS) is 18.6. The van der Waals surface area contributed by atoms with Gasteiger partial charge in [0.2, 0.25) is 5.91 Å². The third kappa shape index (κ3) is 1.89. The van der Waals surface area contributed by atoms with Gasteiger partial charge in [-0.05, 0) is 29.8 Å². The van der Waals surface area contributed by atoms with Crippen molar-refractivity contribution in [3.8, 4) is 0 Å². The summed E-state index contributed by atoms with van der Waals surface area (Å²) in [5.41, 5.74) is 2.08. The number of nitrogens with zero attached hydrogens (tertiary/aromatic N) is 1. The van der Waals surface area contributed by atoms with Crippen LogP contribution in [0.1, 0.15) is 18.0 Å². The molecule has 0 spiro atoms. The van der Waals surface area contributed by atoms with E-state index in [0.717, 1.165) is 5.69 Å². The second-order valence-corrected chi connectivity index (χ2v) is 4.81. The summed E-state index contributed by atoms with van der Waals surface area (Å²) in [6.07, 6.45) is 0.576. The molecule has 1 amide bonds. The van der Waals surface area contributed by atoms with E-state index in [9.17, 15) is 4.79 Å². The zero-order valence-corrected chi connectivity index (χ0v) is 10.5. The summed E-state index contributed by atoms with van der Waals surface area (Å²) < 4.78 is 0. The van der Waals surface area contributed by atoms with E-state index in [2.05, 4.69) is 12.1 Å². The first-order valence-electron chi connectivity index (χ1n) is 5.88. The molecule has 0 N–H and O–H groups in total. The quantitative estimate of drug-likeness (QED) is 0.749. The van der Waals surface area contributed by atoms with E-state index >= 15 is 0 Å². The van der Waals surface area contributed by atoms with Gasteiger partial charge in [0.25, 0.3) is 0 Å². The standard InChI is InChI=1S/C15H12ClNO/c16-12-6-8-13(9-7-12)17-14(10-15(17)18)11-4-2-1-3-5-11/h1-9,14H,10H2/t14-/m1/s1. The number of rotatable bonds is 2. The van der Waals surface area contributed by atoms with Crippen LogP contribution in [-0.4, -0.2) is 5.91 Å². The van der Waals surface area contributed by atoms with Gasteiger partial charge in [-0.25, -0.2) is 0 Å². The number of hydrogen-bond donors (Lipinski definition) is 0.